The van der Waals surface area contributed by atoms with Crippen LogP contribution >= 0.6 is 15.9 Å². The van der Waals surface area contributed by atoms with E-state index in [0.29, 0.717) is 18.3 Å². The lowest BCUT2D eigenvalue weighted by Gasteiger charge is -2.64. The third-order valence-corrected chi connectivity index (χ3v) is 15.8. The summed E-state index contributed by atoms with van der Waals surface area (Å²) in [4.78, 5) is 27.3. The first-order valence-corrected chi connectivity index (χ1v) is 16.2. The summed E-state index contributed by atoms with van der Waals surface area (Å²) in [7, 11) is 1.77. The van der Waals surface area contributed by atoms with Crippen molar-refractivity contribution in [1.29, 1.82) is 0 Å². The molecule has 0 heterocycles. The lowest BCUT2D eigenvalue weighted by molar-refractivity contribution is -0.454. The van der Waals surface area contributed by atoms with Crippen molar-refractivity contribution in [2.75, 3.05) is 7.11 Å². The fraction of sp³-hybridized carbons (Fsp3) is 0.909. The smallest absolute Gasteiger partial charge is 0.310 e. The van der Waals surface area contributed by atoms with Crippen molar-refractivity contribution in [3.05, 3.63) is 6.42 Å². The van der Waals surface area contributed by atoms with E-state index in [1.165, 1.54) is 6.92 Å². The molecule has 5 aliphatic carbocycles. The van der Waals surface area contributed by atoms with E-state index in [1.807, 2.05) is 6.42 Å². The zero-order valence-electron chi connectivity index (χ0n) is 25.9. The Morgan fingerprint density at radius 1 is 1.13 bits per heavy atom. The van der Waals surface area contributed by atoms with Crippen LogP contribution in [-0.2, 0) is 19.1 Å². The molecule has 0 amide bonds. The van der Waals surface area contributed by atoms with Gasteiger partial charge in [0.25, 0.3) is 0 Å². The number of fused-ring (bicyclic) bond motifs is 4. The number of esters is 1. The summed E-state index contributed by atoms with van der Waals surface area (Å²) >= 11 is 3.88. The zero-order chi connectivity index (χ0) is 29.2. The molecule has 220 valence electrons. The number of hydrogen-bond acceptors (Lipinski definition) is 5. The molecule has 5 fully saturated rings. The van der Waals surface area contributed by atoms with Crippen LogP contribution in [0.5, 0.6) is 0 Å². The number of hydrogen-bond donors (Lipinski definition) is 0. The zero-order valence-corrected chi connectivity index (χ0v) is 27.5. The maximum Gasteiger partial charge on any atom is 0.310 e. The van der Waals surface area contributed by atoms with E-state index in [1.54, 1.807) is 7.11 Å². The molecule has 5 rings (SSSR count). The number of Topliss-reactive ketones (excluding diaryl/α,β-unsaturated/α-hetero) is 1. The van der Waals surface area contributed by atoms with Gasteiger partial charge in [0.1, 0.15) is 11.5 Å². The van der Waals surface area contributed by atoms with E-state index in [4.69, 9.17) is 9.47 Å². The Hall–Kier alpha value is -0.590. The Balaban J connectivity index is 1.51. The van der Waals surface area contributed by atoms with E-state index in [9.17, 15) is 14.7 Å². The van der Waals surface area contributed by atoms with Crippen molar-refractivity contribution < 1.29 is 24.2 Å². The summed E-state index contributed by atoms with van der Waals surface area (Å²) in [6.07, 6.45) is 7.88. The third-order valence-electron chi connectivity index (χ3n) is 14.2. The first kappa shape index (κ1) is 29.9. The molecule has 0 saturated heterocycles. The molecule has 0 aliphatic heterocycles. The number of rotatable bonds is 7. The predicted octanol–water partition coefficient (Wildman–Crippen LogP) is 6.29. The van der Waals surface area contributed by atoms with Crippen LogP contribution < -0.4 is 5.11 Å². The maximum atomic E-state index is 14.4. The summed E-state index contributed by atoms with van der Waals surface area (Å²) in [5.41, 5.74) is -3.30. The van der Waals surface area contributed by atoms with Crippen molar-refractivity contribution in [1.82, 2.24) is 0 Å². The van der Waals surface area contributed by atoms with Crippen LogP contribution in [0.25, 0.3) is 0 Å². The highest BCUT2D eigenvalue weighted by Crippen LogP contribution is 2.88. The summed E-state index contributed by atoms with van der Waals surface area (Å²) in [5, 5.41) is 14.1. The normalized spacial score (nSPS) is 49.2. The minimum atomic E-state index is -1.09. The van der Waals surface area contributed by atoms with Crippen molar-refractivity contribution in [3.63, 3.8) is 0 Å². The molecule has 0 aromatic heterocycles. The molecule has 5 nitrogen and oxygen atoms in total. The second-order valence-electron chi connectivity index (χ2n) is 15.9. The highest BCUT2D eigenvalue weighted by Gasteiger charge is 2.93. The lowest BCUT2D eigenvalue weighted by atomic mass is 9.37. The van der Waals surface area contributed by atoms with E-state index in [-0.39, 0.29) is 51.0 Å². The molecule has 1 spiro atoms. The number of carbonyl (C=O) groups is 2. The quantitative estimate of drug-likeness (QED) is 0.193. The standard InChI is InChI=1S/C33H51BrO5/c1-19(11-12-24(34)27(3,4)38-10)21-13-15-29(7)26-22(36)17-32-23(14-16-33(32,37)28(32,5)6)31(26,9)25(39-20(2)35)18-30(21,29)8/h17,19,21,23-26H,11-16,18H2,1-10H3/t19-,21-,23+,24?,25+,26+,29+,30-,31-,32?,33?/m1/s1. The first-order valence-electron chi connectivity index (χ1n) is 15.3. The Morgan fingerprint density at radius 3 is 2.33 bits per heavy atom. The van der Waals surface area contributed by atoms with Gasteiger partial charge >= 0.3 is 11.8 Å². The number of ketones is 1. The SMILES string of the molecule is COC(C)(C)C(Br)CC[C@@H](C)[C@H]1CC[C@@]2(C)[C@@H]3C(=O)[CH+]C45[C@@H](CCC4([O-])C5(C)C)[C@]3(C)[C@@H](OC(C)=O)C[C@]12C. The van der Waals surface area contributed by atoms with Crippen molar-refractivity contribution in [3.8, 4) is 0 Å². The topological polar surface area (TPSA) is 75.7 Å². The monoisotopic (exact) mass is 606 g/mol. The number of carbonyl (C=O) groups excluding carboxylic acids is 2. The largest absolute Gasteiger partial charge is 0.845 e. The third kappa shape index (κ3) is 3.40. The Bertz CT molecular complexity index is 1050. The minimum Gasteiger partial charge on any atom is -0.845 e. The van der Waals surface area contributed by atoms with Gasteiger partial charge in [0.05, 0.1) is 11.5 Å². The van der Waals surface area contributed by atoms with Gasteiger partial charge in [-0.05, 0) is 75.0 Å². The van der Waals surface area contributed by atoms with E-state index in [0.717, 1.165) is 38.5 Å². The van der Waals surface area contributed by atoms with Gasteiger partial charge in [-0.3, -0.25) is 4.79 Å². The van der Waals surface area contributed by atoms with Gasteiger partial charge in [-0.15, -0.1) is 0 Å². The minimum absolute atomic E-state index is 0.0628. The summed E-state index contributed by atoms with van der Waals surface area (Å²) < 4.78 is 12.0. The van der Waals surface area contributed by atoms with Gasteiger partial charge in [-0.1, -0.05) is 69.5 Å². The van der Waals surface area contributed by atoms with Gasteiger partial charge < -0.3 is 14.6 Å². The van der Waals surface area contributed by atoms with Crippen LogP contribution in [-0.4, -0.2) is 41.0 Å². The fourth-order valence-corrected chi connectivity index (χ4v) is 12.0. The molecular weight excluding hydrogens is 556 g/mol. The van der Waals surface area contributed by atoms with Gasteiger partial charge in [-0.2, -0.15) is 0 Å². The van der Waals surface area contributed by atoms with E-state index < -0.39 is 21.8 Å². The number of ether oxygens (including phenoxy) is 2. The van der Waals surface area contributed by atoms with Crippen LogP contribution in [0.3, 0.4) is 0 Å². The Labute approximate surface area is 245 Å². The Morgan fingerprint density at radius 2 is 1.77 bits per heavy atom. The molecule has 0 bridgehead atoms. The number of methoxy groups -OCH3 is 1. The molecular formula is C33H51BrO5. The highest BCUT2D eigenvalue weighted by atomic mass is 79.9. The van der Waals surface area contributed by atoms with Crippen molar-refractivity contribution >= 4 is 27.7 Å². The molecule has 6 heteroatoms. The van der Waals surface area contributed by atoms with Crippen molar-refractivity contribution in [2.24, 2.45) is 50.7 Å². The summed E-state index contributed by atoms with van der Waals surface area (Å²) in [6, 6.07) is 0. The number of alkyl halides is 1. The molecule has 5 aliphatic rings. The molecule has 11 atom stereocenters. The van der Waals surface area contributed by atoms with Crippen LogP contribution in [0.4, 0.5) is 0 Å². The van der Waals surface area contributed by atoms with E-state index in [2.05, 4.69) is 71.3 Å². The lowest BCUT2D eigenvalue weighted by Crippen LogP contribution is -2.68. The van der Waals surface area contributed by atoms with Gasteiger partial charge in [0.15, 0.2) is 6.42 Å². The highest BCUT2D eigenvalue weighted by molar-refractivity contribution is 9.09. The van der Waals surface area contributed by atoms with Crippen LogP contribution in [0.1, 0.15) is 107 Å². The first-order chi connectivity index (χ1) is 17.8. The second kappa shape index (κ2) is 8.72. The van der Waals surface area contributed by atoms with Gasteiger partial charge in [-0.25, -0.2) is 4.79 Å². The maximum absolute atomic E-state index is 14.4. The molecule has 0 aromatic carbocycles. The molecule has 3 unspecified atom stereocenters. The summed E-state index contributed by atoms with van der Waals surface area (Å²) in [5.74, 6) is 0.574. The Kier molecular flexibility index (Phi) is 6.68. The molecule has 0 N–H and O–H groups in total. The van der Waals surface area contributed by atoms with Gasteiger partial charge in [0, 0.05) is 35.6 Å². The van der Waals surface area contributed by atoms with Crippen LogP contribution in [0, 0.1) is 57.2 Å². The fourth-order valence-electron chi connectivity index (χ4n) is 11.5. The summed E-state index contributed by atoms with van der Waals surface area (Å²) in [6.45, 7) is 19.2. The van der Waals surface area contributed by atoms with Crippen LogP contribution in [0.15, 0.2) is 0 Å². The van der Waals surface area contributed by atoms with Crippen LogP contribution in [0.2, 0.25) is 0 Å². The predicted molar refractivity (Wildman–Crippen MR) is 154 cm³/mol. The molecule has 0 aromatic rings. The van der Waals surface area contributed by atoms with Gasteiger partial charge in [0.2, 0.25) is 0 Å². The molecule has 5 saturated carbocycles. The average Bonchev–Trinajstić information content (AvgIpc) is 3.11. The number of halogens is 1. The average molecular weight is 608 g/mol. The van der Waals surface area contributed by atoms with Crippen molar-refractivity contribution in [2.45, 2.75) is 129 Å². The van der Waals surface area contributed by atoms with E-state index >= 15 is 0 Å². The molecule has 0 radical (unpaired) electrons. The second-order valence-corrected chi connectivity index (χ2v) is 17.0. The molecule has 39 heavy (non-hydrogen) atoms.